The molecular formula is C11H16ClNO. The third-order valence-electron chi connectivity index (χ3n) is 2.55. The smallest absolute Gasteiger partial charge is 0.0768 e. The van der Waals surface area contributed by atoms with Crippen LogP contribution in [0.4, 0.5) is 0 Å². The molecular weight excluding hydrogens is 198 g/mol. The third kappa shape index (κ3) is 2.47. The number of rotatable bonds is 2. The zero-order valence-electron chi connectivity index (χ0n) is 8.06. The molecule has 1 aliphatic heterocycles. The van der Waals surface area contributed by atoms with Crippen LogP contribution in [0.5, 0.6) is 0 Å². The van der Waals surface area contributed by atoms with Crippen LogP contribution in [-0.2, 0) is 4.74 Å². The van der Waals surface area contributed by atoms with Gasteiger partial charge in [-0.2, -0.15) is 0 Å². The lowest BCUT2D eigenvalue weighted by atomic mass is 10.0. The molecule has 2 N–H and O–H groups in total. The number of hydrogen-bond acceptors (Lipinski definition) is 2. The maximum Gasteiger partial charge on any atom is 0.0768 e. The van der Waals surface area contributed by atoms with Crippen molar-refractivity contribution in [1.82, 2.24) is 0 Å². The van der Waals surface area contributed by atoms with Gasteiger partial charge in [-0.1, -0.05) is 30.3 Å². The topological polar surface area (TPSA) is 35.2 Å². The molecule has 2 unspecified atom stereocenters. The Morgan fingerprint density at radius 1 is 1.29 bits per heavy atom. The molecule has 1 fully saturated rings. The summed E-state index contributed by atoms with van der Waals surface area (Å²) in [5.41, 5.74) is 7.25. The molecule has 0 aliphatic carbocycles. The Balaban J connectivity index is 0.000000980. The second-order valence-corrected chi connectivity index (χ2v) is 3.49. The molecule has 0 aromatic heterocycles. The van der Waals surface area contributed by atoms with E-state index in [9.17, 15) is 0 Å². The van der Waals surface area contributed by atoms with E-state index in [0.29, 0.717) is 0 Å². The van der Waals surface area contributed by atoms with Gasteiger partial charge in [0, 0.05) is 6.61 Å². The van der Waals surface area contributed by atoms with E-state index in [0.717, 1.165) is 19.4 Å². The van der Waals surface area contributed by atoms with Crippen molar-refractivity contribution in [2.45, 2.75) is 25.0 Å². The highest BCUT2D eigenvalue weighted by molar-refractivity contribution is 5.85. The Bertz CT molecular complexity index is 259. The first-order chi connectivity index (χ1) is 6.38. The van der Waals surface area contributed by atoms with Crippen LogP contribution in [0.15, 0.2) is 30.3 Å². The van der Waals surface area contributed by atoms with E-state index in [4.69, 9.17) is 10.5 Å². The fourth-order valence-electron chi connectivity index (χ4n) is 1.78. The highest BCUT2D eigenvalue weighted by atomic mass is 35.5. The second-order valence-electron chi connectivity index (χ2n) is 3.49. The van der Waals surface area contributed by atoms with Gasteiger partial charge in [0.15, 0.2) is 0 Å². The summed E-state index contributed by atoms with van der Waals surface area (Å²) in [6.45, 7) is 0.866. The second kappa shape index (κ2) is 5.35. The molecule has 0 bridgehead atoms. The van der Waals surface area contributed by atoms with Crippen molar-refractivity contribution < 1.29 is 4.74 Å². The molecule has 2 nitrogen and oxygen atoms in total. The standard InChI is InChI=1S/C11H15NO.ClH/c12-11(10-7-4-8-13-10)9-5-2-1-3-6-9;/h1-3,5-6,10-11H,4,7-8,12H2;1H. The molecule has 1 aromatic carbocycles. The Kier molecular flexibility index (Phi) is 4.39. The number of hydrogen-bond donors (Lipinski definition) is 1. The maximum absolute atomic E-state index is 6.08. The molecule has 1 aliphatic rings. The Morgan fingerprint density at radius 2 is 2.00 bits per heavy atom. The Hall–Kier alpha value is -0.570. The molecule has 78 valence electrons. The maximum atomic E-state index is 6.08. The summed E-state index contributed by atoms with van der Waals surface area (Å²) in [5.74, 6) is 0. The van der Waals surface area contributed by atoms with Crippen molar-refractivity contribution in [2.24, 2.45) is 5.73 Å². The highest BCUT2D eigenvalue weighted by Gasteiger charge is 2.23. The summed E-state index contributed by atoms with van der Waals surface area (Å²) in [6.07, 6.45) is 2.46. The Morgan fingerprint density at radius 3 is 2.57 bits per heavy atom. The summed E-state index contributed by atoms with van der Waals surface area (Å²) in [7, 11) is 0. The van der Waals surface area contributed by atoms with Crippen LogP contribution < -0.4 is 5.73 Å². The predicted octanol–water partition coefficient (Wildman–Crippen LogP) is 2.29. The minimum Gasteiger partial charge on any atom is -0.376 e. The monoisotopic (exact) mass is 213 g/mol. The largest absolute Gasteiger partial charge is 0.376 e. The van der Waals surface area contributed by atoms with Gasteiger partial charge in [0.05, 0.1) is 12.1 Å². The molecule has 2 atom stereocenters. The lowest BCUT2D eigenvalue weighted by molar-refractivity contribution is 0.0900. The quantitative estimate of drug-likeness (QED) is 0.818. The van der Waals surface area contributed by atoms with Gasteiger partial charge in [0.25, 0.3) is 0 Å². The van der Waals surface area contributed by atoms with Crippen molar-refractivity contribution in [3.05, 3.63) is 35.9 Å². The molecule has 1 saturated heterocycles. The lowest BCUT2D eigenvalue weighted by Gasteiger charge is -2.18. The SMILES string of the molecule is Cl.NC(c1ccccc1)C1CCCO1. The highest BCUT2D eigenvalue weighted by Crippen LogP contribution is 2.24. The summed E-state index contributed by atoms with van der Waals surface area (Å²) in [5, 5.41) is 0. The minimum atomic E-state index is 0. The van der Waals surface area contributed by atoms with E-state index >= 15 is 0 Å². The third-order valence-corrected chi connectivity index (χ3v) is 2.55. The van der Waals surface area contributed by atoms with Crippen LogP contribution in [-0.4, -0.2) is 12.7 Å². The van der Waals surface area contributed by atoms with Gasteiger partial charge in [-0.3, -0.25) is 0 Å². The number of ether oxygens (including phenoxy) is 1. The van der Waals surface area contributed by atoms with E-state index in [1.807, 2.05) is 18.2 Å². The van der Waals surface area contributed by atoms with Gasteiger partial charge in [-0.15, -0.1) is 12.4 Å². The molecule has 0 saturated carbocycles. The molecule has 1 aromatic rings. The first-order valence-electron chi connectivity index (χ1n) is 4.80. The van der Waals surface area contributed by atoms with Crippen molar-refractivity contribution in [3.63, 3.8) is 0 Å². The zero-order valence-corrected chi connectivity index (χ0v) is 8.87. The van der Waals surface area contributed by atoms with E-state index in [1.165, 1.54) is 5.56 Å². The normalized spacial score (nSPS) is 22.8. The molecule has 2 rings (SSSR count). The number of benzene rings is 1. The van der Waals surface area contributed by atoms with Gasteiger partial charge in [0.1, 0.15) is 0 Å². The molecule has 14 heavy (non-hydrogen) atoms. The Labute approximate surface area is 90.9 Å². The molecule has 0 amide bonds. The van der Waals surface area contributed by atoms with Crippen molar-refractivity contribution in [3.8, 4) is 0 Å². The molecule has 1 heterocycles. The number of nitrogens with two attached hydrogens (primary N) is 1. The fourth-order valence-corrected chi connectivity index (χ4v) is 1.78. The molecule has 3 heteroatoms. The summed E-state index contributed by atoms with van der Waals surface area (Å²) >= 11 is 0. The van der Waals surface area contributed by atoms with Gasteiger partial charge in [0.2, 0.25) is 0 Å². The molecule has 0 radical (unpaired) electrons. The first-order valence-corrected chi connectivity index (χ1v) is 4.80. The van der Waals surface area contributed by atoms with Crippen LogP contribution in [0.3, 0.4) is 0 Å². The average molecular weight is 214 g/mol. The van der Waals surface area contributed by atoms with Crippen molar-refractivity contribution in [1.29, 1.82) is 0 Å². The van der Waals surface area contributed by atoms with E-state index in [2.05, 4.69) is 12.1 Å². The van der Waals surface area contributed by atoms with Crippen LogP contribution in [0.1, 0.15) is 24.4 Å². The van der Waals surface area contributed by atoms with Crippen LogP contribution >= 0.6 is 12.4 Å². The van der Waals surface area contributed by atoms with Gasteiger partial charge >= 0.3 is 0 Å². The van der Waals surface area contributed by atoms with Gasteiger partial charge in [-0.25, -0.2) is 0 Å². The average Bonchev–Trinajstić information content (AvgIpc) is 2.71. The van der Waals surface area contributed by atoms with Gasteiger partial charge in [-0.05, 0) is 18.4 Å². The summed E-state index contributed by atoms with van der Waals surface area (Å²) in [6, 6.07) is 10.2. The van der Waals surface area contributed by atoms with Gasteiger partial charge < -0.3 is 10.5 Å². The zero-order chi connectivity index (χ0) is 9.10. The summed E-state index contributed by atoms with van der Waals surface area (Å²) < 4.78 is 5.54. The predicted molar refractivity (Wildman–Crippen MR) is 59.6 cm³/mol. The van der Waals surface area contributed by atoms with Crippen molar-refractivity contribution in [2.75, 3.05) is 6.61 Å². The van der Waals surface area contributed by atoms with Crippen LogP contribution in [0, 0.1) is 0 Å². The first kappa shape index (κ1) is 11.5. The lowest BCUT2D eigenvalue weighted by Crippen LogP contribution is -2.25. The fraction of sp³-hybridized carbons (Fsp3) is 0.455. The van der Waals surface area contributed by atoms with E-state index in [-0.39, 0.29) is 24.6 Å². The number of halogens is 1. The summed E-state index contributed by atoms with van der Waals surface area (Å²) in [4.78, 5) is 0. The minimum absolute atomic E-state index is 0. The van der Waals surface area contributed by atoms with Crippen molar-refractivity contribution >= 4 is 12.4 Å². The molecule has 0 spiro atoms. The van der Waals surface area contributed by atoms with E-state index < -0.39 is 0 Å². The van der Waals surface area contributed by atoms with E-state index in [1.54, 1.807) is 0 Å². The van der Waals surface area contributed by atoms with Crippen LogP contribution in [0.25, 0.3) is 0 Å². The van der Waals surface area contributed by atoms with Crippen LogP contribution in [0.2, 0.25) is 0 Å².